The first-order chi connectivity index (χ1) is 24.4. The van der Waals surface area contributed by atoms with Crippen LogP contribution in [-0.2, 0) is 0 Å². The first kappa shape index (κ1) is 46.1. The number of benzene rings is 1. The Kier molecular flexibility index (Phi) is 29.3. The van der Waals surface area contributed by atoms with E-state index in [1.807, 2.05) is 48.2 Å². The van der Waals surface area contributed by atoms with Crippen LogP contribution in [0.3, 0.4) is 0 Å². The highest BCUT2D eigenvalue weighted by atomic mass is 16.2. The summed E-state index contributed by atoms with van der Waals surface area (Å²) in [4.78, 5) is 34.9. The predicted octanol–water partition coefficient (Wildman–Crippen LogP) is 11.1. The van der Waals surface area contributed by atoms with Gasteiger partial charge in [-0.05, 0) is 63.3 Å². The van der Waals surface area contributed by atoms with Gasteiger partial charge in [0.2, 0.25) is 0 Å². The molecule has 50 heavy (non-hydrogen) atoms. The number of amides is 2. The van der Waals surface area contributed by atoms with Crippen LogP contribution in [0.1, 0.15) is 190 Å². The third-order valence-electron chi connectivity index (χ3n) is 10.6. The van der Waals surface area contributed by atoms with E-state index in [9.17, 15) is 9.59 Å². The zero-order chi connectivity index (χ0) is 36.7. The van der Waals surface area contributed by atoms with Gasteiger partial charge in [-0.15, -0.1) is 0 Å². The van der Waals surface area contributed by atoms with E-state index in [1.54, 1.807) is 0 Å². The van der Waals surface area contributed by atoms with Gasteiger partial charge in [0.1, 0.15) is 0 Å². The molecule has 0 radical (unpaired) electrons. The highest BCUT2D eigenvalue weighted by Gasteiger charge is 2.16. The van der Waals surface area contributed by atoms with E-state index in [1.165, 1.54) is 141 Å². The van der Waals surface area contributed by atoms with Gasteiger partial charge < -0.3 is 19.6 Å². The molecule has 0 spiro atoms. The molecule has 0 heterocycles. The van der Waals surface area contributed by atoms with Crippen LogP contribution in [0.2, 0.25) is 0 Å². The minimum Gasteiger partial charge on any atom is -0.340 e. The monoisotopic (exact) mass is 699 g/mol. The van der Waals surface area contributed by atoms with E-state index in [0.717, 1.165) is 39.3 Å². The topological polar surface area (TPSA) is 47.1 Å². The Balaban J connectivity index is 2.28. The summed E-state index contributed by atoms with van der Waals surface area (Å²) >= 11 is 0. The molecule has 0 bridgehead atoms. The Hall–Kier alpha value is -1.92. The van der Waals surface area contributed by atoms with Gasteiger partial charge in [-0.2, -0.15) is 0 Å². The van der Waals surface area contributed by atoms with Crippen molar-refractivity contribution in [2.75, 3.05) is 66.5 Å². The lowest BCUT2D eigenvalue weighted by Crippen LogP contribution is -2.37. The minimum absolute atomic E-state index is 0.0177. The number of likely N-dealkylation sites (N-methyl/N-ethyl adjacent to an activating group) is 4. The first-order valence-corrected chi connectivity index (χ1v) is 21.4. The van der Waals surface area contributed by atoms with Gasteiger partial charge in [0.05, 0.1) is 0 Å². The Morgan fingerprint density at radius 3 is 0.900 bits per heavy atom. The summed E-state index contributed by atoms with van der Waals surface area (Å²) in [5.74, 6) is 0.0354. The molecule has 1 aromatic rings. The van der Waals surface area contributed by atoms with Crippen LogP contribution in [0.15, 0.2) is 24.3 Å². The minimum atomic E-state index is 0.0177. The van der Waals surface area contributed by atoms with Crippen molar-refractivity contribution in [1.29, 1.82) is 0 Å². The third-order valence-corrected chi connectivity index (χ3v) is 10.6. The Morgan fingerprint density at radius 2 is 0.640 bits per heavy atom. The second kappa shape index (κ2) is 31.8. The van der Waals surface area contributed by atoms with Gasteiger partial charge in [0, 0.05) is 51.4 Å². The van der Waals surface area contributed by atoms with E-state index in [-0.39, 0.29) is 11.8 Å². The molecule has 0 fully saturated rings. The standard InChI is InChI=1S/C44H82N4O2/c1-7-11-13-15-17-19-21-23-25-27-29-35-47(9-3)39-37-45(5)43(49)41-31-33-42(34-32-41)44(50)46(6)38-40-48(10-4)36-30-28-26-24-22-20-18-16-14-12-8-2/h31-34H,7-30,35-40H2,1-6H3. The predicted molar refractivity (Wildman–Crippen MR) is 218 cm³/mol. The second-order valence-electron chi connectivity index (χ2n) is 15.0. The van der Waals surface area contributed by atoms with Crippen LogP contribution < -0.4 is 0 Å². The van der Waals surface area contributed by atoms with Gasteiger partial charge >= 0.3 is 0 Å². The van der Waals surface area contributed by atoms with Gasteiger partial charge in [0.25, 0.3) is 11.8 Å². The summed E-state index contributed by atoms with van der Waals surface area (Å²) in [6.45, 7) is 16.4. The molecule has 0 aliphatic rings. The summed E-state index contributed by atoms with van der Waals surface area (Å²) in [7, 11) is 3.78. The largest absolute Gasteiger partial charge is 0.340 e. The molecule has 0 N–H and O–H groups in total. The Labute approximate surface area is 311 Å². The fraction of sp³-hybridized carbons (Fsp3) is 0.818. The van der Waals surface area contributed by atoms with Crippen LogP contribution in [0.25, 0.3) is 0 Å². The quantitative estimate of drug-likeness (QED) is 0.0672. The van der Waals surface area contributed by atoms with E-state index in [4.69, 9.17) is 0 Å². The average molecular weight is 699 g/mol. The zero-order valence-corrected chi connectivity index (χ0v) is 34.1. The number of rotatable bonds is 34. The molecule has 6 nitrogen and oxygen atoms in total. The molecule has 0 saturated carbocycles. The number of hydrogen-bond donors (Lipinski definition) is 0. The van der Waals surface area contributed by atoms with Crippen LogP contribution in [-0.4, -0.2) is 97.9 Å². The van der Waals surface area contributed by atoms with Crippen LogP contribution in [0, 0.1) is 0 Å². The van der Waals surface area contributed by atoms with Crippen LogP contribution in [0.5, 0.6) is 0 Å². The fourth-order valence-corrected chi connectivity index (χ4v) is 6.84. The Morgan fingerprint density at radius 1 is 0.380 bits per heavy atom. The van der Waals surface area contributed by atoms with Crippen molar-refractivity contribution >= 4 is 11.8 Å². The van der Waals surface area contributed by atoms with Crippen molar-refractivity contribution in [3.8, 4) is 0 Å². The van der Waals surface area contributed by atoms with E-state index >= 15 is 0 Å². The van der Waals surface area contributed by atoms with Crippen LogP contribution in [0.4, 0.5) is 0 Å². The maximum Gasteiger partial charge on any atom is 0.253 e. The molecule has 290 valence electrons. The summed E-state index contributed by atoms with van der Waals surface area (Å²) < 4.78 is 0. The third kappa shape index (κ3) is 22.8. The molecule has 1 aromatic carbocycles. The number of carbonyl (C=O) groups excluding carboxylic acids is 2. The summed E-state index contributed by atoms with van der Waals surface area (Å²) in [6.07, 6.45) is 30.0. The summed E-state index contributed by atoms with van der Waals surface area (Å²) in [6, 6.07) is 7.25. The van der Waals surface area contributed by atoms with Crippen molar-refractivity contribution in [2.45, 2.75) is 169 Å². The maximum absolute atomic E-state index is 13.2. The van der Waals surface area contributed by atoms with Crippen molar-refractivity contribution < 1.29 is 9.59 Å². The molecular formula is C44H82N4O2. The lowest BCUT2D eigenvalue weighted by atomic mass is 10.1. The van der Waals surface area contributed by atoms with Gasteiger partial charge in [-0.25, -0.2) is 0 Å². The Bertz CT molecular complexity index is 861. The maximum atomic E-state index is 13.2. The molecule has 0 atom stereocenters. The normalized spacial score (nSPS) is 11.5. The van der Waals surface area contributed by atoms with Crippen molar-refractivity contribution in [2.24, 2.45) is 0 Å². The smallest absolute Gasteiger partial charge is 0.253 e. The van der Waals surface area contributed by atoms with E-state index in [0.29, 0.717) is 24.2 Å². The van der Waals surface area contributed by atoms with Crippen molar-refractivity contribution in [1.82, 2.24) is 19.6 Å². The molecule has 0 unspecified atom stereocenters. The van der Waals surface area contributed by atoms with Gasteiger partial charge in [-0.3, -0.25) is 9.59 Å². The number of unbranched alkanes of at least 4 members (excludes halogenated alkanes) is 20. The van der Waals surface area contributed by atoms with Gasteiger partial charge in [-0.1, -0.05) is 156 Å². The lowest BCUT2D eigenvalue weighted by molar-refractivity contribution is 0.0767. The lowest BCUT2D eigenvalue weighted by Gasteiger charge is -2.25. The van der Waals surface area contributed by atoms with Crippen molar-refractivity contribution in [3.05, 3.63) is 35.4 Å². The highest BCUT2D eigenvalue weighted by molar-refractivity contribution is 5.97. The fourth-order valence-electron chi connectivity index (χ4n) is 6.84. The number of carbonyl (C=O) groups is 2. The summed E-state index contributed by atoms with van der Waals surface area (Å²) in [5.41, 5.74) is 1.29. The van der Waals surface area contributed by atoms with Crippen molar-refractivity contribution in [3.63, 3.8) is 0 Å². The molecular weight excluding hydrogens is 617 g/mol. The SMILES string of the molecule is CCCCCCCCCCCCCN(CC)CCN(C)C(=O)c1ccc(C(=O)N(C)CCN(CC)CCCCCCCCCCCCC)cc1. The zero-order valence-electron chi connectivity index (χ0n) is 34.1. The van der Waals surface area contributed by atoms with Crippen LogP contribution >= 0.6 is 0 Å². The highest BCUT2D eigenvalue weighted by Crippen LogP contribution is 2.14. The number of hydrogen-bond acceptors (Lipinski definition) is 4. The summed E-state index contributed by atoms with van der Waals surface area (Å²) in [5, 5.41) is 0. The van der Waals surface area contributed by atoms with Gasteiger partial charge in [0.15, 0.2) is 0 Å². The van der Waals surface area contributed by atoms with E-state index < -0.39 is 0 Å². The molecule has 0 aromatic heterocycles. The first-order valence-electron chi connectivity index (χ1n) is 21.4. The molecule has 6 heteroatoms. The molecule has 2 amide bonds. The average Bonchev–Trinajstić information content (AvgIpc) is 3.14. The molecule has 0 aliphatic carbocycles. The molecule has 0 aliphatic heterocycles. The molecule has 1 rings (SSSR count). The second-order valence-corrected chi connectivity index (χ2v) is 15.0. The number of nitrogens with zero attached hydrogens (tertiary/aromatic N) is 4. The molecule has 0 saturated heterocycles. The van der Waals surface area contributed by atoms with E-state index in [2.05, 4.69) is 37.5 Å².